The van der Waals surface area contributed by atoms with E-state index < -0.39 is 0 Å². The van der Waals surface area contributed by atoms with Gasteiger partial charge in [0.05, 0.1) is 11.2 Å². The van der Waals surface area contributed by atoms with E-state index in [9.17, 15) is 0 Å². The normalized spacial score (nSPS) is 18.0. The largest absolute Gasteiger partial charge is 0.402 e. The molecule has 3 rings (SSSR count). The average Bonchev–Trinajstić information content (AvgIpc) is 2.45. The molecule has 1 heterocycles. The van der Waals surface area contributed by atoms with Crippen LogP contribution >= 0.6 is 0 Å². The maximum absolute atomic E-state index is 8.48. The summed E-state index contributed by atoms with van der Waals surface area (Å²) in [7, 11) is 0. The number of para-hydroxylation sites is 1. The molecule has 3 heteroatoms. The van der Waals surface area contributed by atoms with Gasteiger partial charge in [0.1, 0.15) is 0 Å². The number of fused-ring (bicyclic) bond motifs is 1. The van der Waals surface area contributed by atoms with Gasteiger partial charge in [-0.25, -0.2) is 0 Å². The quantitative estimate of drug-likeness (QED) is 0.815. The van der Waals surface area contributed by atoms with E-state index in [-0.39, 0.29) is 5.41 Å². The molecule has 108 valence electrons. The van der Waals surface area contributed by atoms with Gasteiger partial charge in [0.15, 0.2) is 0 Å². The van der Waals surface area contributed by atoms with Gasteiger partial charge in [0, 0.05) is 22.8 Å². The van der Waals surface area contributed by atoms with E-state index in [0.717, 1.165) is 47.0 Å². The Labute approximate surface area is 125 Å². The lowest BCUT2D eigenvalue weighted by Crippen LogP contribution is -2.25. The Balaban J connectivity index is 1.97. The van der Waals surface area contributed by atoms with Crippen molar-refractivity contribution < 1.29 is 0 Å². The zero-order valence-electron chi connectivity index (χ0n) is 12.6. The van der Waals surface area contributed by atoms with Crippen LogP contribution in [0.1, 0.15) is 38.7 Å². The molecule has 0 fully saturated rings. The van der Waals surface area contributed by atoms with Gasteiger partial charge in [-0.15, -0.1) is 0 Å². The topological polar surface area (TPSA) is 62.8 Å². The van der Waals surface area contributed by atoms with Gasteiger partial charge in [-0.1, -0.05) is 32.0 Å². The molecule has 0 saturated heterocycles. The van der Waals surface area contributed by atoms with Crippen LogP contribution in [0, 0.1) is 10.8 Å². The van der Waals surface area contributed by atoms with E-state index in [1.807, 2.05) is 30.3 Å². The lowest BCUT2D eigenvalue weighted by Gasteiger charge is -2.31. The molecule has 1 aliphatic carbocycles. The first-order valence-electron chi connectivity index (χ1n) is 7.38. The second kappa shape index (κ2) is 4.99. The van der Waals surface area contributed by atoms with E-state index in [1.54, 1.807) is 6.20 Å². The third-order valence-corrected chi connectivity index (χ3v) is 4.29. The number of nitrogens with one attached hydrogen (secondary N) is 1. The van der Waals surface area contributed by atoms with Crippen LogP contribution < -0.4 is 5.73 Å². The Morgan fingerprint density at radius 1 is 1.29 bits per heavy atom. The molecule has 21 heavy (non-hydrogen) atoms. The van der Waals surface area contributed by atoms with Crippen LogP contribution in [0.2, 0.25) is 0 Å². The van der Waals surface area contributed by atoms with Crippen LogP contribution in [0.5, 0.6) is 0 Å². The maximum Gasteiger partial charge on any atom is 0.0702 e. The van der Waals surface area contributed by atoms with Gasteiger partial charge in [0.25, 0.3) is 0 Å². The molecule has 0 atom stereocenters. The lowest BCUT2D eigenvalue weighted by atomic mass is 9.75. The SMILES string of the molecule is CC1(C)CCC(C(=N)c2cnc3ccccc3c2)=C(N)C1. The van der Waals surface area contributed by atoms with Gasteiger partial charge in [0.2, 0.25) is 0 Å². The number of benzene rings is 1. The monoisotopic (exact) mass is 279 g/mol. The molecule has 0 spiro atoms. The zero-order chi connectivity index (χ0) is 15.0. The maximum atomic E-state index is 8.48. The van der Waals surface area contributed by atoms with E-state index in [1.165, 1.54) is 0 Å². The molecule has 1 aromatic carbocycles. The molecule has 1 aromatic heterocycles. The number of allylic oxidation sites excluding steroid dienone is 2. The fourth-order valence-corrected chi connectivity index (χ4v) is 3.00. The summed E-state index contributed by atoms with van der Waals surface area (Å²) in [6.07, 6.45) is 4.60. The van der Waals surface area contributed by atoms with Crippen LogP contribution in [-0.2, 0) is 0 Å². The predicted octanol–water partition coefficient (Wildman–Crippen LogP) is 4.03. The van der Waals surface area contributed by atoms with E-state index in [0.29, 0.717) is 5.71 Å². The first-order chi connectivity index (χ1) is 9.96. The van der Waals surface area contributed by atoms with Crippen molar-refractivity contribution in [3.05, 3.63) is 53.4 Å². The third-order valence-electron chi connectivity index (χ3n) is 4.29. The van der Waals surface area contributed by atoms with Crippen molar-refractivity contribution in [3.8, 4) is 0 Å². The average molecular weight is 279 g/mol. The van der Waals surface area contributed by atoms with Crippen molar-refractivity contribution in [2.75, 3.05) is 0 Å². The third kappa shape index (κ3) is 2.68. The van der Waals surface area contributed by atoms with Crippen LogP contribution in [0.3, 0.4) is 0 Å². The van der Waals surface area contributed by atoms with Crippen molar-refractivity contribution in [3.63, 3.8) is 0 Å². The second-order valence-corrected chi connectivity index (χ2v) is 6.64. The Hall–Kier alpha value is -2.16. The molecule has 0 amide bonds. The summed E-state index contributed by atoms with van der Waals surface area (Å²) in [5, 5.41) is 9.55. The van der Waals surface area contributed by atoms with Gasteiger partial charge in [-0.3, -0.25) is 10.4 Å². The number of nitrogens with two attached hydrogens (primary N) is 1. The summed E-state index contributed by atoms with van der Waals surface area (Å²) in [5.41, 5.74) is 10.7. The molecule has 1 aliphatic rings. The predicted molar refractivity (Wildman–Crippen MR) is 87.4 cm³/mol. The van der Waals surface area contributed by atoms with Gasteiger partial charge < -0.3 is 5.73 Å². The Bertz CT molecular complexity index is 741. The molecular formula is C18H21N3. The number of pyridine rings is 1. The zero-order valence-corrected chi connectivity index (χ0v) is 12.6. The number of hydrogen-bond donors (Lipinski definition) is 2. The van der Waals surface area contributed by atoms with Crippen LogP contribution in [0.25, 0.3) is 10.9 Å². The molecule has 3 N–H and O–H groups in total. The molecule has 3 nitrogen and oxygen atoms in total. The highest BCUT2D eigenvalue weighted by Gasteiger charge is 2.27. The van der Waals surface area contributed by atoms with Crippen molar-refractivity contribution in [1.29, 1.82) is 5.41 Å². The number of aromatic nitrogens is 1. The fourth-order valence-electron chi connectivity index (χ4n) is 3.00. The molecule has 0 radical (unpaired) electrons. The highest BCUT2D eigenvalue weighted by molar-refractivity contribution is 6.12. The first-order valence-corrected chi connectivity index (χ1v) is 7.38. The van der Waals surface area contributed by atoms with Crippen molar-refractivity contribution in [2.45, 2.75) is 33.1 Å². The summed E-state index contributed by atoms with van der Waals surface area (Å²) >= 11 is 0. The minimum Gasteiger partial charge on any atom is -0.402 e. The minimum absolute atomic E-state index is 0.246. The Kier molecular flexibility index (Phi) is 3.28. The standard InChI is InChI=1S/C18H21N3/c1-18(2)8-7-14(15(19)10-18)17(20)13-9-12-5-3-4-6-16(12)21-11-13/h3-6,9,11,20H,7-8,10,19H2,1-2H3. The van der Waals surface area contributed by atoms with Crippen LogP contribution in [0.15, 0.2) is 47.8 Å². The summed E-state index contributed by atoms with van der Waals surface area (Å²) in [4.78, 5) is 4.45. The molecule has 2 aromatic rings. The molecular weight excluding hydrogens is 258 g/mol. The summed E-state index contributed by atoms with van der Waals surface area (Å²) in [6, 6.07) is 10.0. The number of hydrogen-bond acceptors (Lipinski definition) is 3. The van der Waals surface area contributed by atoms with Gasteiger partial charge in [-0.2, -0.15) is 0 Å². The van der Waals surface area contributed by atoms with E-state index in [4.69, 9.17) is 11.1 Å². The number of rotatable bonds is 2. The van der Waals surface area contributed by atoms with E-state index in [2.05, 4.69) is 18.8 Å². The summed E-state index contributed by atoms with van der Waals surface area (Å²) < 4.78 is 0. The van der Waals surface area contributed by atoms with Crippen molar-refractivity contribution in [2.24, 2.45) is 11.1 Å². The van der Waals surface area contributed by atoms with Crippen LogP contribution in [-0.4, -0.2) is 10.7 Å². The number of nitrogens with zero attached hydrogens (tertiary/aromatic N) is 1. The molecule has 0 aliphatic heterocycles. The summed E-state index contributed by atoms with van der Waals surface area (Å²) in [6.45, 7) is 4.47. The fraction of sp³-hybridized carbons (Fsp3) is 0.333. The molecule has 0 saturated carbocycles. The highest BCUT2D eigenvalue weighted by Crippen LogP contribution is 2.37. The van der Waals surface area contributed by atoms with Crippen molar-refractivity contribution >= 4 is 16.6 Å². The van der Waals surface area contributed by atoms with Gasteiger partial charge in [-0.05, 0) is 42.4 Å². The van der Waals surface area contributed by atoms with E-state index >= 15 is 0 Å². The van der Waals surface area contributed by atoms with Crippen LogP contribution in [0.4, 0.5) is 0 Å². The lowest BCUT2D eigenvalue weighted by molar-refractivity contribution is 0.315. The van der Waals surface area contributed by atoms with Crippen molar-refractivity contribution in [1.82, 2.24) is 4.98 Å². The minimum atomic E-state index is 0.246. The second-order valence-electron chi connectivity index (χ2n) is 6.64. The Morgan fingerprint density at radius 2 is 2.05 bits per heavy atom. The first kappa shape index (κ1) is 13.8. The highest BCUT2D eigenvalue weighted by atomic mass is 14.7. The summed E-state index contributed by atoms with van der Waals surface area (Å²) in [5.74, 6) is 0. The molecule has 0 bridgehead atoms. The Morgan fingerprint density at radius 3 is 2.81 bits per heavy atom. The molecule has 0 unspecified atom stereocenters. The van der Waals surface area contributed by atoms with Gasteiger partial charge >= 0.3 is 0 Å². The smallest absolute Gasteiger partial charge is 0.0702 e.